The molecule has 2 rings (SSSR count). The third-order valence-corrected chi connectivity index (χ3v) is 3.20. The van der Waals surface area contributed by atoms with Crippen LogP contribution in [-0.2, 0) is 9.53 Å². The number of likely N-dealkylation sites (tertiary alicyclic amines) is 1. The first-order valence-electron chi connectivity index (χ1n) is 5.94. The van der Waals surface area contributed by atoms with Crippen molar-refractivity contribution in [1.29, 1.82) is 0 Å². The van der Waals surface area contributed by atoms with E-state index in [0.29, 0.717) is 25.5 Å². The van der Waals surface area contributed by atoms with Gasteiger partial charge in [0, 0.05) is 26.1 Å². The maximum absolute atomic E-state index is 11.8. The molecule has 1 amide bonds. The van der Waals surface area contributed by atoms with Gasteiger partial charge in [0.2, 0.25) is 5.91 Å². The predicted molar refractivity (Wildman–Crippen MR) is 57.7 cm³/mol. The molecule has 0 aromatic heterocycles. The molecule has 15 heavy (non-hydrogen) atoms. The van der Waals surface area contributed by atoms with E-state index in [-0.39, 0.29) is 0 Å². The molecule has 4 heteroatoms. The number of morpholine rings is 1. The van der Waals surface area contributed by atoms with E-state index in [4.69, 9.17) is 4.74 Å². The summed E-state index contributed by atoms with van der Waals surface area (Å²) in [6, 6.07) is 0. The van der Waals surface area contributed by atoms with Crippen LogP contribution in [0.5, 0.6) is 0 Å². The smallest absolute Gasteiger partial charge is 0.224 e. The van der Waals surface area contributed by atoms with E-state index >= 15 is 0 Å². The summed E-state index contributed by atoms with van der Waals surface area (Å²) in [4.78, 5) is 16.1. The van der Waals surface area contributed by atoms with E-state index in [1.165, 1.54) is 25.9 Å². The molecule has 0 N–H and O–H groups in total. The molecule has 2 fully saturated rings. The minimum absolute atomic E-state index is 0.296. The topological polar surface area (TPSA) is 32.8 Å². The van der Waals surface area contributed by atoms with Crippen molar-refractivity contribution in [3.05, 3.63) is 0 Å². The van der Waals surface area contributed by atoms with Crippen LogP contribution < -0.4 is 0 Å². The highest BCUT2D eigenvalue weighted by Gasteiger charge is 2.18. The predicted octanol–water partition coefficient (Wildman–Crippen LogP) is 0.331. The highest BCUT2D eigenvalue weighted by molar-refractivity contribution is 5.76. The molecule has 2 heterocycles. The Morgan fingerprint density at radius 2 is 1.73 bits per heavy atom. The molecule has 4 nitrogen and oxygen atoms in total. The summed E-state index contributed by atoms with van der Waals surface area (Å²) in [5.41, 5.74) is 0. The van der Waals surface area contributed by atoms with Gasteiger partial charge in [0.1, 0.15) is 0 Å². The van der Waals surface area contributed by atoms with E-state index in [9.17, 15) is 4.79 Å². The Kier molecular flexibility index (Phi) is 3.97. The molecule has 0 bridgehead atoms. The zero-order valence-corrected chi connectivity index (χ0v) is 9.28. The molecule has 0 saturated carbocycles. The summed E-state index contributed by atoms with van der Waals surface area (Å²) in [5, 5.41) is 0. The van der Waals surface area contributed by atoms with E-state index < -0.39 is 0 Å². The minimum Gasteiger partial charge on any atom is -0.378 e. The second kappa shape index (κ2) is 5.47. The van der Waals surface area contributed by atoms with Crippen molar-refractivity contribution < 1.29 is 9.53 Å². The number of hydrogen-bond acceptors (Lipinski definition) is 3. The largest absolute Gasteiger partial charge is 0.378 e. The van der Waals surface area contributed by atoms with Gasteiger partial charge in [-0.15, -0.1) is 0 Å². The molecule has 0 radical (unpaired) electrons. The zero-order chi connectivity index (χ0) is 10.5. The second-order valence-electron chi connectivity index (χ2n) is 4.29. The number of amides is 1. The van der Waals surface area contributed by atoms with E-state index in [2.05, 4.69) is 4.90 Å². The Bertz CT molecular complexity index is 209. The third-order valence-electron chi connectivity index (χ3n) is 3.20. The van der Waals surface area contributed by atoms with Gasteiger partial charge < -0.3 is 14.5 Å². The molecule has 0 aromatic carbocycles. The van der Waals surface area contributed by atoms with Crippen LogP contribution in [0.25, 0.3) is 0 Å². The van der Waals surface area contributed by atoms with Crippen LogP contribution >= 0.6 is 0 Å². The van der Waals surface area contributed by atoms with Gasteiger partial charge in [0.15, 0.2) is 0 Å². The fourth-order valence-electron chi connectivity index (χ4n) is 2.23. The first-order chi connectivity index (χ1) is 7.36. The first-order valence-corrected chi connectivity index (χ1v) is 5.94. The summed E-state index contributed by atoms with van der Waals surface area (Å²) in [6.07, 6.45) is 3.28. The van der Waals surface area contributed by atoms with Crippen molar-refractivity contribution in [3.8, 4) is 0 Å². The quantitative estimate of drug-likeness (QED) is 0.676. The summed E-state index contributed by atoms with van der Waals surface area (Å²) in [5.74, 6) is 0.296. The monoisotopic (exact) mass is 212 g/mol. The molecule has 0 spiro atoms. The number of carbonyl (C=O) groups excluding carboxylic acids is 1. The van der Waals surface area contributed by atoms with Crippen LogP contribution in [-0.4, -0.2) is 61.6 Å². The maximum Gasteiger partial charge on any atom is 0.224 e. The van der Waals surface area contributed by atoms with Crippen LogP contribution in [0.3, 0.4) is 0 Å². The number of rotatable bonds is 3. The average molecular weight is 212 g/mol. The van der Waals surface area contributed by atoms with Gasteiger partial charge in [0.05, 0.1) is 13.2 Å². The van der Waals surface area contributed by atoms with Crippen LogP contribution in [0, 0.1) is 0 Å². The number of carbonyl (C=O) groups is 1. The van der Waals surface area contributed by atoms with E-state index in [0.717, 1.165) is 19.6 Å². The summed E-state index contributed by atoms with van der Waals surface area (Å²) in [6.45, 7) is 6.26. The number of nitrogens with zero attached hydrogens (tertiary/aromatic N) is 2. The fourth-order valence-corrected chi connectivity index (χ4v) is 2.23. The lowest BCUT2D eigenvalue weighted by Crippen LogP contribution is -2.41. The molecular weight excluding hydrogens is 192 g/mol. The van der Waals surface area contributed by atoms with Crippen LogP contribution in [0.1, 0.15) is 19.3 Å². The van der Waals surface area contributed by atoms with Crippen LogP contribution in [0.4, 0.5) is 0 Å². The van der Waals surface area contributed by atoms with Crippen molar-refractivity contribution in [2.45, 2.75) is 19.3 Å². The van der Waals surface area contributed by atoms with Crippen molar-refractivity contribution in [2.24, 2.45) is 0 Å². The van der Waals surface area contributed by atoms with Gasteiger partial charge in [0.25, 0.3) is 0 Å². The minimum atomic E-state index is 0.296. The van der Waals surface area contributed by atoms with E-state index in [1.54, 1.807) is 0 Å². The summed E-state index contributed by atoms with van der Waals surface area (Å²) in [7, 11) is 0. The maximum atomic E-state index is 11.8. The normalized spacial score (nSPS) is 23.3. The second-order valence-corrected chi connectivity index (χ2v) is 4.29. The van der Waals surface area contributed by atoms with Gasteiger partial charge in [-0.2, -0.15) is 0 Å². The Hall–Kier alpha value is -0.610. The SMILES string of the molecule is O=C(CCN1CCCC1)N1CCOCC1. The van der Waals surface area contributed by atoms with Gasteiger partial charge in [-0.25, -0.2) is 0 Å². The van der Waals surface area contributed by atoms with Crippen LogP contribution in [0.15, 0.2) is 0 Å². The van der Waals surface area contributed by atoms with Gasteiger partial charge in [-0.3, -0.25) is 4.79 Å². The lowest BCUT2D eigenvalue weighted by atomic mass is 10.3. The van der Waals surface area contributed by atoms with Crippen molar-refractivity contribution >= 4 is 5.91 Å². The molecule has 2 aliphatic heterocycles. The lowest BCUT2D eigenvalue weighted by molar-refractivity contribution is -0.135. The van der Waals surface area contributed by atoms with Gasteiger partial charge >= 0.3 is 0 Å². The summed E-state index contributed by atoms with van der Waals surface area (Å²) >= 11 is 0. The molecule has 2 aliphatic rings. The average Bonchev–Trinajstić information content (AvgIpc) is 2.80. The zero-order valence-electron chi connectivity index (χ0n) is 9.28. The Labute approximate surface area is 91.2 Å². The van der Waals surface area contributed by atoms with Gasteiger partial charge in [-0.05, 0) is 25.9 Å². The highest BCUT2D eigenvalue weighted by atomic mass is 16.5. The highest BCUT2D eigenvalue weighted by Crippen LogP contribution is 2.08. The van der Waals surface area contributed by atoms with Crippen LogP contribution in [0.2, 0.25) is 0 Å². The first kappa shape index (κ1) is 10.9. The Balaban J connectivity index is 1.66. The third kappa shape index (κ3) is 3.18. The molecule has 86 valence electrons. The molecule has 0 unspecified atom stereocenters. The van der Waals surface area contributed by atoms with Crippen molar-refractivity contribution in [1.82, 2.24) is 9.80 Å². The Morgan fingerprint density at radius 1 is 1.07 bits per heavy atom. The molecule has 0 aromatic rings. The van der Waals surface area contributed by atoms with E-state index in [1.807, 2.05) is 4.90 Å². The van der Waals surface area contributed by atoms with Gasteiger partial charge in [-0.1, -0.05) is 0 Å². The van der Waals surface area contributed by atoms with Crippen molar-refractivity contribution in [2.75, 3.05) is 45.9 Å². The molecule has 0 aliphatic carbocycles. The molecule has 2 saturated heterocycles. The number of hydrogen-bond donors (Lipinski definition) is 0. The summed E-state index contributed by atoms with van der Waals surface area (Å²) < 4.78 is 5.22. The fraction of sp³-hybridized carbons (Fsp3) is 0.909. The lowest BCUT2D eigenvalue weighted by Gasteiger charge is -2.27. The molecule has 0 atom stereocenters. The molecular formula is C11H20N2O2. The number of ether oxygens (including phenoxy) is 1. The standard InChI is InChI=1S/C11H20N2O2/c14-11(13-7-9-15-10-8-13)3-6-12-4-1-2-5-12/h1-10H2. The Morgan fingerprint density at radius 3 is 2.40 bits per heavy atom. The van der Waals surface area contributed by atoms with Crippen molar-refractivity contribution in [3.63, 3.8) is 0 Å².